The van der Waals surface area contributed by atoms with Gasteiger partial charge in [-0.3, -0.25) is 9.59 Å². The Morgan fingerprint density at radius 2 is 2.17 bits per heavy atom. The zero-order valence-corrected chi connectivity index (χ0v) is 9.94. The maximum Gasteiger partial charge on any atom is 0.326 e. The van der Waals surface area contributed by atoms with Crippen LogP contribution < -0.4 is 11.1 Å². The second-order valence-electron chi connectivity index (χ2n) is 3.48. The van der Waals surface area contributed by atoms with Crippen molar-refractivity contribution in [3.8, 4) is 0 Å². The van der Waals surface area contributed by atoms with Gasteiger partial charge in [0.1, 0.15) is 6.04 Å². The number of carbonyl (C=O) groups is 3. The summed E-state index contributed by atoms with van der Waals surface area (Å²) >= 11 is 5.58. The molecule has 1 atom stereocenters. The van der Waals surface area contributed by atoms with Crippen LogP contribution in [0.25, 0.3) is 0 Å². The van der Waals surface area contributed by atoms with Gasteiger partial charge >= 0.3 is 5.97 Å². The van der Waals surface area contributed by atoms with E-state index in [9.17, 15) is 14.4 Å². The number of rotatable bonds is 6. The van der Waals surface area contributed by atoms with Crippen LogP contribution in [0.1, 0.15) is 23.2 Å². The standard InChI is InChI=1S/C10H11ClN2O5/c11-8-5(3-4-18-8)9(15)13-6(10(16)17)1-2-7(12)14/h3-4,6H,1-2H2,(H2,12,14)(H,13,15)(H,16,17). The van der Waals surface area contributed by atoms with Gasteiger partial charge in [0.25, 0.3) is 5.91 Å². The van der Waals surface area contributed by atoms with E-state index in [-0.39, 0.29) is 23.6 Å². The van der Waals surface area contributed by atoms with E-state index in [1.807, 2.05) is 0 Å². The number of carboxylic acid groups (broad SMARTS) is 1. The third kappa shape index (κ3) is 3.77. The van der Waals surface area contributed by atoms with Gasteiger partial charge < -0.3 is 20.6 Å². The van der Waals surface area contributed by atoms with E-state index in [0.29, 0.717) is 0 Å². The summed E-state index contributed by atoms with van der Waals surface area (Å²) in [5.74, 6) is -2.59. The molecule has 0 aliphatic heterocycles. The molecule has 0 spiro atoms. The van der Waals surface area contributed by atoms with E-state index in [1.165, 1.54) is 12.3 Å². The Labute approximate surface area is 107 Å². The van der Waals surface area contributed by atoms with E-state index >= 15 is 0 Å². The Hall–Kier alpha value is -2.02. The zero-order chi connectivity index (χ0) is 13.7. The maximum atomic E-state index is 11.7. The van der Waals surface area contributed by atoms with Crippen molar-refractivity contribution in [3.63, 3.8) is 0 Å². The fourth-order valence-electron chi connectivity index (χ4n) is 1.24. The Morgan fingerprint density at radius 1 is 1.50 bits per heavy atom. The molecule has 1 heterocycles. The Morgan fingerprint density at radius 3 is 2.61 bits per heavy atom. The van der Waals surface area contributed by atoms with Crippen molar-refractivity contribution in [1.29, 1.82) is 0 Å². The van der Waals surface area contributed by atoms with Gasteiger partial charge in [0.15, 0.2) is 0 Å². The van der Waals surface area contributed by atoms with E-state index < -0.39 is 23.8 Å². The Kier molecular flexibility index (Phi) is 4.73. The van der Waals surface area contributed by atoms with Crippen molar-refractivity contribution in [2.24, 2.45) is 5.73 Å². The quantitative estimate of drug-likeness (QED) is 0.692. The lowest BCUT2D eigenvalue weighted by Gasteiger charge is -2.12. The van der Waals surface area contributed by atoms with Gasteiger partial charge in [-0.15, -0.1) is 0 Å². The third-order valence-corrected chi connectivity index (χ3v) is 2.44. The first-order valence-electron chi connectivity index (χ1n) is 4.96. The summed E-state index contributed by atoms with van der Waals surface area (Å²) in [5, 5.41) is 11.0. The van der Waals surface area contributed by atoms with E-state index in [2.05, 4.69) is 5.32 Å². The molecule has 18 heavy (non-hydrogen) atoms. The molecule has 1 aromatic heterocycles. The highest BCUT2D eigenvalue weighted by molar-refractivity contribution is 6.32. The number of nitrogens with two attached hydrogens (primary N) is 1. The first kappa shape index (κ1) is 14.0. The van der Waals surface area contributed by atoms with Crippen LogP contribution in [-0.4, -0.2) is 28.9 Å². The lowest BCUT2D eigenvalue weighted by Crippen LogP contribution is -2.41. The average molecular weight is 275 g/mol. The molecule has 7 nitrogen and oxygen atoms in total. The summed E-state index contributed by atoms with van der Waals surface area (Å²) < 4.78 is 4.71. The van der Waals surface area contributed by atoms with Gasteiger partial charge in [0.2, 0.25) is 11.1 Å². The van der Waals surface area contributed by atoms with Gasteiger partial charge in [-0.05, 0) is 24.1 Å². The molecule has 0 saturated heterocycles. The lowest BCUT2D eigenvalue weighted by molar-refractivity contribution is -0.139. The highest BCUT2D eigenvalue weighted by atomic mass is 35.5. The third-order valence-electron chi connectivity index (χ3n) is 2.15. The minimum absolute atomic E-state index is 0.0296. The molecule has 2 amide bonds. The number of halogens is 1. The Balaban J connectivity index is 2.67. The van der Waals surface area contributed by atoms with Crippen LogP contribution in [-0.2, 0) is 9.59 Å². The minimum atomic E-state index is -1.26. The van der Waals surface area contributed by atoms with Crippen LogP contribution in [0.2, 0.25) is 5.22 Å². The van der Waals surface area contributed by atoms with Crippen molar-refractivity contribution in [2.45, 2.75) is 18.9 Å². The fraction of sp³-hybridized carbons (Fsp3) is 0.300. The molecule has 1 rings (SSSR count). The number of carboxylic acids is 1. The number of nitrogens with one attached hydrogen (secondary N) is 1. The van der Waals surface area contributed by atoms with Gasteiger partial charge in [0, 0.05) is 6.42 Å². The zero-order valence-electron chi connectivity index (χ0n) is 9.18. The molecule has 8 heteroatoms. The van der Waals surface area contributed by atoms with Gasteiger partial charge in [0.05, 0.1) is 11.8 Å². The van der Waals surface area contributed by atoms with Crippen molar-refractivity contribution in [1.82, 2.24) is 5.32 Å². The number of hydrogen-bond donors (Lipinski definition) is 3. The molecule has 0 fully saturated rings. The average Bonchev–Trinajstić information content (AvgIpc) is 2.69. The smallest absolute Gasteiger partial charge is 0.326 e. The van der Waals surface area contributed by atoms with Crippen LogP contribution in [0.5, 0.6) is 0 Å². The number of aliphatic carboxylic acids is 1. The summed E-state index contributed by atoms with van der Waals surface area (Å²) in [4.78, 5) is 33.1. The van der Waals surface area contributed by atoms with Gasteiger partial charge in [-0.25, -0.2) is 4.79 Å². The second-order valence-corrected chi connectivity index (χ2v) is 3.82. The monoisotopic (exact) mass is 274 g/mol. The fourth-order valence-corrected chi connectivity index (χ4v) is 1.44. The lowest BCUT2D eigenvalue weighted by atomic mass is 10.1. The predicted octanol–water partition coefficient (Wildman–Crippen LogP) is 0.381. The van der Waals surface area contributed by atoms with Gasteiger partial charge in [-0.2, -0.15) is 0 Å². The summed E-state index contributed by atoms with van der Waals surface area (Å²) in [5.41, 5.74) is 4.94. The van der Waals surface area contributed by atoms with E-state index in [4.69, 9.17) is 26.9 Å². The van der Waals surface area contributed by atoms with Crippen LogP contribution in [0.4, 0.5) is 0 Å². The summed E-state index contributed by atoms with van der Waals surface area (Å²) in [6.07, 6.45) is 0.971. The molecule has 4 N–H and O–H groups in total. The summed E-state index contributed by atoms with van der Waals surface area (Å²) in [6, 6.07) is 0.0981. The predicted molar refractivity (Wildman–Crippen MR) is 61.0 cm³/mol. The highest BCUT2D eigenvalue weighted by Crippen LogP contribution is 2.16. The largest absolute Gasteiger partial charge is 0.480 e. The van der Waals surface area contributed by atoms with Crippen molar-refractivity contribution in [3.05, 3.63) is 23.1 Å². The number of hydrogen-bond acceptors (Lipinski definition) is 4. The molecule has 0 radical (unpaired) electrons. The Bertz CT molecular complexity index is 471. The number of furan rings is 1. The van der Waals surface area contributed by atoms with Crippen molar-refractivity contribution in [2.75, 3.05) is 0 Å². The number of amides is 2. The molecular formula is C10H11ClN2O5. The molecule has 0 saturated carbocycles. The second kappa shape index (κ2) is 6.06. The SMILES string of the molecule is NC(=O)CCC(NC(=O)c1ccoc1Cl)C(=O)O. The van der Waals surface area contributed by atoms with Crippen LogP contribution in [0, 0.1) is 0 Å². The number of primary amides is 1. The van der Waals surface area contributed by atoms with Gasteiger partial charge in [-0.1, -0.05) is 0 Å². The molecule has 1 unspecified atom stereocenters. The first-order valence-corrected chi connectivity index (χ1v) is 5.34. The summed E-state index contributed by atoms with van der Waals surface area (Å²) in [6.45, 7) is 0. The molecular weight excluding hydrogens is 264 g/mol. The molecule has 98 valence electrons. The maximum absolute atomic E-state index is 11.7. The highest BCUT2D eigenvalue weighted by Gasteiger charge is 2.23. The topological polar surface area (TPSA) is 123 Å². The number of carbonyl (C=O) groups excluding carboxylic acids is 2. The normalized spacial score (nSPS) is 11.8. The van der Waals surface area contributed by atoms with Crippen LogP contribution in [0.3, 0.4) is 0 Å². The molecule has 0 bridgehead atoms. The molecule has 1 aromatic rings. The molecule has 0 aromatic carbocycles. The molecule has 0 aliphatic rings. The molecule has 0 aliphatic carbocycles. The van der Waals surface area contributed by atoms with E-state index in [1.54, 1.807) is 0 Å². The van der Waals surface area contributed by atoms with Crippen molar-refractivity contribution >= 4 is 29.4 Å². The van der Waals surface area contributed by atoms with Crippen molar-refractivity contribution < 1.29 is 23.9 Å². The summed E-state index contributed by atoms with van der Waals surface area (Å²) in [7, 11) is 0. The first-order chi connectivity index (χ1) is 8.41. The van der Waals surface area contributed by atoms with Crippen LogP contribution >= 0.6 is 11.6 Å². The van der Waals surface area contributed by atoms with E-state index in [0.717, 1.165) is 0 Å². The minimum Gasteiger partial charge on any atom is -0.480 e. The van der Waals surface area contributed by atoms with Crippen LogP contribution in [0.15, 0.2) is 16.7 Å².